The van der Waals surface area contributed by atoms with Crippen LogP contribution in [0.5, 0.6) is 0 Å². The number of benzene rings is 2. The molecule has 1 aliphatic heterocycles. The lowest BCUT2D eigenvalue weighted by Gasteiger charge is -2.32. The highest BCUT2D eigenvalue weighted by molar-refractivity contribution is 6.21. The van der Waals surface area contributed by atoms with Crippen molar-refractivity contribution in [3.05, 3.63) is 71.3 Å². The Labute approximate surface area is 148 Å². The maximum Gasteiger partial charge on any atom is 0.262 e. The first kappa shape index (κ1) is 16.1. The van der Waals surface area contributed by atoms with E-state index in [1.807, 2.05) is 42.5 Å². The monoisotopic (exact) mass is 333 g/mol. The Kier molecular flexibility index (Phi) is 4.39. The van der Waals surface area contributed by atoms with E-state index < -0.39 is 0 Å². The lowest BCUT2D eigenvalue weighted by atomic mass is 9.83. The van der Waals surface area contributed by atoms with Crippen molar-refractivity contribution in [3.63, 3.8) is 0 Å². The van der Waals surface area contributed by atoms with Gasteiger partial charge in [0.25, 0.3) is 11.8 Å². The minimum absolute atomic E-state index is 0.148. The summed E-state index contributed by atoms with van der Waals surface area (Å²) < 4.78 is 0. The Balaban J connectivity index is 1.69. The lowest BCUT2D eigenvalue weighted by Crippen LogP contribution is -2.35. The average molecular weight is 333 g/mol. The summed E-state index contributed by atoms with van der Waals surface area (Å²) in [5, 5.41) is 0. The number of fused-ring (bicyclic) bond motifs is 1. The molecule has 1 aliphatic carbocycles. The standard InChI is InChI=1S/C22H23NO2/c24-21-18-13-7-8-14-19(18)22(25)23(21)20(17-11-5-2-6-12-17)15-16-9-3-1-4-10-16/h2,5-8,11-14,16,20H,1,3-4,9-10,15H2/t20-/m0/s1. The highest BCUT2D eigenvalue weighted by atomic mass is 16.2. The second-order valence-electron chi connectivity index (χ2n) is 7.19. The normalized spacial score (nSPS) is 19.1. The predicted molar refractivity (Wildman–Crippen MR) is 97.3 cm³/mol. The van der Waals surface area contributed by atoms with E-state index >= 15 is 0 Å². The molecule has 1 atom stereocenters. The zero-order valence-electron chi connectivity index (χ0n) is 14.4. The van der Waals surface area contributed by atoms with Crippen LogP contribution in [0.4, 0.5) is 0 Å². The fraction of sp³-hybridized carbons (Fsp3) is 0.364. The van der Waals surface area contributed by atoms with Gasteiger partial charge in [0.1, 0.15) is 0 Å². The van der Waals surface area contributed by atoms with Gasteiger partial charge in [-0.25, -0.2) is 0 Å². The molecule has 2 aromatic carbocycles. The van der Waals surface area contributed by atoms with Crippen molar-refractivity contribution >= 4 is 11.8 Å². The molecule has 0 bridgehead atoms. The van der Waals surface area contributed by atoms with Crippen LogP contribution >= 0.6 is 0 Å². The Hall–Kier alpha value is -2.42. The Morgan fingerprint density at radius 2 is 1.36 bits per heavy atom. The molecule has 1 heterocycles. The number of hydrogen-bond donors (Lipinski definition) is 0. The van der Waals surface area contributed by atoms with Gasteiger partial charge in [-0.15, -0.1) is 0 Å². The summed E-state index contributed by atoms with van der Waals surface area (Å²) in [5.41, 5.74) is 2.14. The van der Waals surface area contributed by atoms with Crippen molar-refractivity contribution < 1.29 is 9.59 Å². The number of carbonyl (C=O) groups is 2. The molecule has 0 radical (unpaired) electrons. The van der Waals surface area contributed by atoms with Crippen molar-refractivity contribution in [2.75, 3.05) is 0 Å². The van der Waals surface area contributed by atoms with Gasteiger partial charge in [-0.2, -0.15) is 0 Å². The van der Waals surface area contributed by atoms with Crippen LogP contribution in [-0.4, -0.2) is 16.7 Å². The molecular weight excluding hydrogens is 310 g/mol. The van der Waals surface area contributed by atoms with E-state index in [2.05, 4.69) is 0 Å². The van der Waals surface area contributed by atoms with Gasteiger partial charge in [0.05, 0.1) is 17.2 Å². The molecule has 1 fully saturated rings. The van der Waals surface area contributed by atoms with E-state index in [4.69, 9.17) is 0 Å². The summed E-state index contributed by atoms with van der Waals surface area (Å²) in [4.78, 5) is 27.4. The summed E-state index contributed by atoms with van der Waals surface area (Å²) in [6, 6.07) is 17.0. The molecule has 0 N–H and O–H groups in total. The molecule has 2 aromatic rings. The number of amides is 2. The number of hydrogen-bond acceptors (Lipinski definition) is 2. The van der Waals surface area contributed by atoms with E-state index in [1.54, 1.807) is 12.1 Å². The summed E-state index contributed by atoms with van der Waals surface area (Å²) in [6.45, 7) is 0. The first-order valence-electron chi connectivity index (χ1n) is 9.27. The third-order valence-corrected chi connectivity index (χ3v) is 5.60. The zero-order chi connectivity index (χ0) is 17.2. The largest absolute Gasteiger partial charge is 0.269 e. The maximum absolute atomic E-state index is 13.0. The van der Waals surface area contributed by atoms with Crippen molar-refractivity contribution in [3.8, 4) is 0 Å². The van der Waals surface area contributed by atoms with Crippen LogP contribution in [0.1, 0.15) is 70.8 Å². The van der Waals surface area contributed by atoms with Crippen LogP contribution in [0.3, 0.4) is 0 Å². The fourth-order valence-electron chi connectivity index (χ4n) is 4.30. The highest BCUT2D eigenvalue weighted by Gasteiger charge is 2.41. The first-order chi connectivity index (χ1) is 12.3. The Morgan fingerprint density at radius 1 is 0.800 bits per heavy atom. The van der Waals surface area contributed by atoms with Crippen LogP contribution in [0.15, 0.2) is 54.6 Å². The van der Waals surface area contributed by atoms with Crippen LogP contribution in [0.2, 0.25) is 0 Å². The highest BCUT2D eigenvalue weighted by Crippen LogP contribution is 2.38. The Morgan fingerprint density at radius 3 is 1.96 bits per heavy atom. The minimum atomic E-state index is -0.170. The van der Waals surface area contributed by atoms with Crippen LogP contribution in [0, 0.1) is 5.92 Å². The van der Waals surface area contributed by atoms with E-state index in [1.165, 1.54) is 37.0 Å². The zero-order valence-corrected chi connectivity index (χ0v) is 14.4. The van der Waals surface area contributed by atoms with Gasteiger partial charge in [0.2, 0.25) is 0 Å². The van der Waals surface area contributed by atoms with E-state index in [9.17, 15) is 9.59 Å². The fourth-order valence-corrected chi connectivity index (χ4v) is 4.30. The van der Waals surface area contributed by atoms with Crippen LogP contribution in [-0.2, 0) is 0 Å². The molecule has 2 amide bonds. The third kappa shape index (κ3) is 2.99. The molecule has 2 aliphatic rings. The topological polar surface area (TPSA) is 37.4 Å². The van der Waals surface area contributed by atoms with Crippen molar-refractivity contribution in [1.29, 1.82) is 0 Å². The van der Waals surface area contributed by atoms with E-state index in [-0.39, 0.29) is 17.9 Å². The van der Waals surface area contributed by atoms with Gasteiger partial charge in [0, 0.05) is 0 Å². The molecule has 3 nitrogen and oxygen atoms in total. The molecule has 0 saturated heterocycles. The third-order valence-electron chi connectivity index (χ3n) is 5.60. The average Bonchev–Trinajstić information content (AvgIpc) is 2.93. The van der Waals surface area contributed by atoms with Crippen LogP contribution in [0.25, 0.3) is 0 Å². The van der Waals surface area contributed by atoms with Gasteiger partial charge in [-0.3, -0.25) is 14.5 Å². The molecule has 0 aromatic heterocycles. The number of imide groups is 1. The quantitative estimate of drug-likeness (QED) is 0.739. The van der Waals surface area contributed by atoms with Gasteiger partial charge in [-0.1, -0.05) is 74.6 Å². The van der Waals surface area contributed by atoms with Crippen molar-refractivity contribution in [1.82, 2.24) is 4.90 Å². The molecule has 1 saturated carbocycles. The summed E-state index contributed by atoms with van der Waals surface area (Å²) in [5.74, 6) is 0.291. The molecule has 3 heteroatoms. The van der Waals surface area contributed by atoms with Crippen molar-refractivity contribution in [2.24, 2.45) is 5.92 Å². The second-order valence-corrected chi connectivity index (χ2v) is 7.19. The number of rotatable bonds is 4. The molecule has 4 rings (SSSR count). The molecule has 25 heavy (non-hydrogen) atoms. The maximum atomic E-state index is 13.0. The van der Waals surface area contributed by atoms with E-state index in [0.717, 1.165) is 12.0 Å². The number of carbonyl (C=O) groups excluding carboxylic acids is 2. The van der Waals surface area contributed by atoms with Gasteiger partial charge in [-0.05, 0) is 30.0 Å². The van der Waals surface area contributed by atoms with Gasteiger partial charge >= 0.3 is 0 Å². The van der Waals surface area contributed by atoms with Gasteiger partial charge in [0.15, 0.2) is 0 Å². The summed E-state index contributed by atoms with van der Waals surface area (Å²) >= 11 is 0. The van der Waals surface area contributed by atoms with Crippen LogP contribution < -0.4 is 0 Å². The lowest BCUT2D eigenvalue weighted by molar-refractivity contribution is 0.0552. The smallest absolute Gasteiger partial charge is 0.262 e. The molecule has 128 valence electrons. The first-order valence-corrected chi connectivity index (χ1v) is 9.27. The molecule has 0 spiro atoms. The Bertz CT molecular complexity index is 743. The van der Waals surface area contributed by atoms with Gasteiger partial charge < -0.3 is 0 Å². The second kappa shape index (κ2) is 6.83. The minimum Gasteiger partial charge on any atom is -0.269 e. The molecule has 0 unspecified atom stereocenters. The van der Waals surface area contributed by atoms with Crippen molar-refractivity contribution in [2.45, 2.75) is 44.6 Å². The van der Waals surface area contributed by atoms with E-state index in [0.29, 0.717) is 17.0 Å². The number of nitrogens with zero attached hydrogens (tertiary/aromatic N) is 1. The molecular formula is C22H23NO2. The SMILES string of the molecule is O=C1c2ccccc2C(=O)N1[C@@H](CC1CCCCC1)c1ccccc1. The summed E-state index contributed by atoms with van der Waals surface area (Å²) in [7, 11) is 0. The summed E-state index contributed by atoms with van der Waals surface area (Å²) in [6.07, 6.45) is 7.09. The predicted octanol–water partition coefficient (Wildman–Crippen LogP) is 4.99.